The zero-order valence-electron chi connectivity index (χ0n) is 18.7. The number of carbonyl (C=O) groups is 2. The number of ketones is 2. The third kappa shape index (κ3) is 6.47. The van der Waals surface area contributed by atoms with Crippen molar-refractivity contribution in [3.63, 3.8) is 0 Å². The summed E-state index contributed by atoms with van der Waals surface area (Å²) in [5, 5.41) is 0. The van der Waals surface area contributed by atoms with Crippen molar-refractivity contribution in [2.24, 2.45) is 0 Å². The van der Waals surface area contributed by atoms with Gasteiger partial charge in [-0.3, -0.25) is 9.59 Å². The second kappa shape index (κ2) is 11.3. The molecule has 0 aromatic heterocycles. The van der Waals surface area contributed by atoms with Gasteiger partial charge in [0.05, 0.1) is 0 Å². The second-order valence-electron chi connectivity index (χ2n) is 7.79. The average Bonchev–Trinajstić information content (AvgIpc) is 2.91. The first-order chi connectivity index (χ1) is 16.7. The maximum absolute atomic E-state index is 12.4. The van der Waals surface area contributed by atoms with Gasteiger partial charge in [-0.1, -0.05) is 133 Å². The van der Waals surface area contributed by atoms with Gasteiger partial charge < -0.3 is 0 Å². The van der Waals surface area contributed by atoms with E-state index in [1.54, 1.807) is 12.2 Å². The Morgan fingerprint density at radius 2 is 0.706 bits per heavy atom. The van der Waals surface area contributed by atoms with Gasteiger partial charge in [-0.15, -0.1) is 0 Å². The van der Waals surface area contributed by atoms with Gasteiger partial charge in [0.15, 0.2) is 11.6 Å². The van der Waals surface area contributed by atoms with Gasteiger partial charge in [-0.2, -0.15) is 0 Å². The highest BCUT2D eigenvalue weighted by Gasteiger charge is 2.02. The van der Waals surface area contributed by atoms with E-state index in [4.69, 9.17) is 0 Å². The number of hydrogen-bond donors (Lipinski definition) is 0. The van der Waals surface area contributed by atoms with Crippen LogP contribution in [-0.2, 0) is 0 Å². The van der Waals surface area contributed by atoms with Gasteiger partial charge in [0.1, 0.15) is 0 Å². The van der Waals surface area contributed by atoms with Crippen molar-refractivity contribution in [1.29, 1.82) is 0 Å². The van der Waals surface area contributed by atoms with Crippen molar-refractivity contribution in [2.45, 2.75) is 0 Å². The van der Waals surface area contributed by atoms with Crippen LogP contribution in [-0.4, -0.2) is 11.6 Å². The van der Waals surface area contributed by atoms with Crippen molar-refractivity contribution in [3.05, 3.63) is 155 Å². The fourth-order valence-corrected chi connectivity index (χ4v) is 3.37. The molecule has 0 aliphatic rings. The van der Waals surface area contributed by atoms with E-state index < -0.39 is 0 Å². The van der Waals surface area contributed by atoms with Crippen molar-refractivity contribution < 1.29 is 9.59 Å². The molecule has 0 amide bonds. The first-order valence-electron chi connectivity index (χ1n) is 11.1. The summed E-state index contributed by atoms with van der Waals surface area (Å²) < 4.78 is 0. The molecule has 2 nitrogen and oxygen atoms in total. The molecule has 0 bridgehead atoms. The Hall–Kier alpha value is -4.56. The molecule has 0 aliphatic carbocycles. The summed E-state index contributed by atoms with van der Waals surface area (Å²) in [7, 11) is 0. The lowest BCUT2D eigenvalue weighted by molar-refractivity contribution is 0.103. The van der Waals surface area contributed by atoms with E-state index in [9.17, 15) is 9.59 Å². The van der Waals surface area contributed by atoms with Gasteiger partial charge in [0, 0.05) is 11.1 Å². The average molecular weight is 441 g/mol. The lowest BCUT2D eigenvalue weighted by Crippen LogP contribution is -1.94. The molecular weight excluding hydrogens is 416 g/mol. The summed E-state index contributed by atoms with van der Waals surface area (Å²) in [5.41, 5.74) is 5.28. The molecule has 0 atom stereocenters. The molecule has 2 heteroatoms. The molecule has 0 radical (unpaired) electrons. The smallest absolute Gasteiger partial charge is 0.185 e. The Morgan fingerprint density at radius 1 is 0.382 bits per heavy atom. The second-order valence-corrected chi connectivity index (χ2v) is 7.79. The van der Waals surface area contributed by atoms with Gasteiger partial charge >= 0.3 is 0 Å². The van der Waals surface area contributed by atoms with Crippen LogP contribution in [0.5, 0.6) is 0 Å². The van der Waals surface area contributed by atoms with Crippen LogP contribution in [0.15, 0.2) is 121 Å². The van der Waals surface area contributed by atoms with Gasteiger partial charge in [0.25, 0.3) is 0 Å². The number of benzene rings is 4. The molecule has 34 heavy (non-hydrogen) atoms. The molecule has 164 valence electrons. The molecule has 4 aromatic rings. The number of carbonyl (C=O) groups excluding carboxylic acids is 2. The van der Waals surface area contributed by atoms with Crippen LogP contribution >= 0.6 is 0 Å². The summed E-state index contributed by atoms with van der Waals surface area (Å²) in [5.74, 6) is -0.0538. The van der Waals surface area contributed by atoms with Crippen molar-refractivity contribution in [3.8, 4) is 0 Å². The molecule has 0 N–H and O–H groups in total. The van der Waals surface area contributed by atoms with Gasteiger partial charge in [-0.05, 0) is 34.4 Å². The SMILES string of the molecule is O=C(/C=C/c1ccccc1)c1ccc(/C=C/c2ccc(C(=O)/C=C/c3ccccc3)cc2)cc1. The molecule has 0 fully saturated rings. The van der Waals surface area contributed by atoms with Crippen LogP contribution in [0.2, 0.25) is 0 Å². The molecule has 4 aromatic carbocycles. The number of hydrogen-bond acceptors (Lipinski definition) is 2. The van der Waals surface area contributed by atoms with Gasteiger partial charge in [-0.25, -0.2) is 0 Å². The Kier molecular flexibility index (Phi) is 7.55. The van der Waals surface area contributed by atoms with E-state index in [1.807, 2.05) is 133 Å². The molecule has 4 rings (SSSR count). The van der Waals surface area contributed by atoms with E-state index >= 15 is 0 Å². The van der Waals surface area contributed by atoms with E-state index in [1.165, 1.54) is 0 Å². The van der Waals surface area contributed by atoms with E-state index in [0.717, 1.165) is 22.3 Å². The lowest BCUT2D eigenvalue weighted by atomic mass is 10.0. The Balaban J connectivity index is 1.35. The molecule has 0 saturated heterocycles. The minimum Gasteiger partial charge on any atom is -0.289 e. The maximum atomic E-state index is 12.4. The zero-order valence-corrected chi connectivity index (χ0v) is 18.7. The molecule has 0 unspecified atom stereocenters. The summed E-state index contributed by atoms with van der Waals surface area (Å²) in [6.45, 7) is 0. The van der Waals surface area contributed by atoms with Crippen LogP contribution in [0.25, 0.3) is 24.3 Å². The normalized spacial score (nSPS) is 11.4. The fraction of sp³-hybridized carbons (Fsp3) is 0. The van der Waals surface area contributed by atoms with Gasteiger partial charge in [0.2, 0.25) is 0 Å². The number of allylic oxidation sites excluding steroid dienone is 2. The van der Waals surface area contributed by atoms with Crippen LogP contribution in [0.3, 0.4) is 0 Å². The number of rotatable bonds is 8. The summed E-state index contributed by atoms with van der Waals surface area (Å²) in [6, 6.07) is 34.5. The third-order valence-corrected chi connectivity index (χ3v) is 5.31. The molecule has 0 aliphatic heterocycles. The zero-order chi connectivity index (χ0) is 23.6. The Bertz CT molecular complexity index is 1220. The monoisotopic (exact) mass is 440 g/mol. The van der Waals surface area contributed by atoms with Crippen LogP contribution in [0.4, 0.5) is 0 Å². The predicted octanol–water partition coefficient (Wildman–Crippen LogP) is 7.65. The maximum Gasteiger partial charge on any atom is 0.185 e. The molecule has 0 heterocycles. The molecule has 0 saturated carbocycles. The van der Waals surface area contributed by atoms with Crippen LogP contribution < -0.4 is 0 Å². The van der Waals surface area contributed by atoms with Crippen LogP contribution in [0, 0.1) is 0 Å². The first-order valence-corrected chi connectivity index (χ1v) is 11.1. The molecular formula is C32H24O2. The van der Waals surface area contributed by atoms with Crippen molar-refractivity contribution >= 4 is 35.9 Å². The minimum absolute atomic E-state index is 0.0269. The summed E-state index contributed by atoms with van der Waals surface area (Å²) in [4.78, 5) is 24.8. The first kappa shape index (κ1) is 22.6. The third-order valence-electron chi connectivity index (χ3n) is 5.31. The van der Waals surface area contributed by atoms with E-state index in [-0.39, 0.29) is 11.6 Å². The Morgan fingerprint density at radius 3 is 1.06 bits per heavy atom. The Labute approximate surface area is 200 Å². The largest absolute Gasteiger partial charge is 0.289 e. The van der Waals surface area contributed by atoms with Crippen LogP contribution in [0.1, 0.15) is 43.0 Å². The highest BCUT2D eigenvalue weighted by atomic mass is 16.1. The topological polar surface area (TPSA) is 34.1 Å². The highest BCUT2D eigenvalue weighted by molar-refractivity contribution is 6.07. The minimum atomic E-state index is -0.0269. The van der Waals surface area contributed by atoms with E-state index in [2.05, 4.69) is 0 Å². The highest BCUT2D eigenvalue weighted by Crippen LogP contribution is 2.13. The summed E-state index contributed by atoms with van der Waals surface area (Å²) >= 11 is 0. The van der Waals surface area contributed by atoms with Crippen molar-refractivity contribution in [1.82, 2.24) is 0 Å². The molecule has 0 spiro atoms. The predicted molar refractivity (Wildman–Crippen MR) is 141 cm³/mol. The standard InChI is InChI=1S/C32H24O2/c33-31(23-17-25-7-3-1-4-8-25)29-19-13-27(14-20-29)11-12-28-15-21-30(22-16-28)32(34)24-18-26-9-5-2-6-10-26/h1-24H/b12-11+,23-17+,24-18+. The summed E-state index contributed by atoms with van der Waals surface area (Å²) in [6.07, 6.45) is 10.8. The van der Waals surface area contributed by atoms with E-state index in [0.29, 0.717) is 11.1 Å². The lowest BCUT2D eigenvalue weighted by Gasteiger charge is -2.00. The quantitative estimate of drug-likeness (QED) is 0.160. The fourth-order valence-electron chi connectivity index (χ4n) is 3.37. The van der Waals surface area contributed by atoms with Crippen molar-refractivity contribution in [2.75, 3.05) is 0 Å².